The zero-order chi connectivity index (χ0) is 19.3. The molecule has 1 aromatic carbocycles. The quantitative estimate of drug-likeness (QED) is 0.421. The summed E-state index contributed by atoms with van der Waals surface area (Å²) in [6.45, 7) is -2.98. The van der Waals surface area contributed by atoms with Gasteiger partial charge in [0.25, 0.3) is 5.91 Å². The molecule has 7 nitrogen and oxygen atoms in total. The number of hydrogen-bond acceptors (Lipinski definition) is 5. The molecule has 2 rings (SSSR count). The van der Waals surface area contributed by atoms with Crippen LogP contribution in [0.15, 0.2) is 41.0 Å². The highest BCUT2D eigenvalue weighted by Crippen LogP contribution is 2.27. The van der Waals surface area contributed by atoms with Crippen molar-refractivity contribution in [2.45, 2.75) is 12.7 Å². The van der Waals surface area contributed by atoms with Crippen molar-refractivity contribution >= 4 is 11.6 Å². The third kappa shape index (κ3) is 5.46. The topological polar surface area (TPSA) is 85.8 Å². The van der Waals surface area contributed by atoms with Crippen molar-refractivity contribution in [1.29, 1.82) is 0 Å². The summed E-state index contributed by atoms with van der Waals surface area (Å²) < 4.78 is 61.0. The second-order valence-corrected chi connectivity index (χ2v) is 5.10. The van der Waals surface area contributed by atoms with Crippen LogP contribution in [0.25, 0.3) is 0 Å². The zero-order valence-corrected chi connectivity index (χ0v) is 13.0. The minimum atomic E-state index is -4.67. The van der Waals surface area contributed by atoms with E-state index in [1.54, 1.807) is 0 Å². The van der Waals surface area contributed by atoms with E-state index in [2.05, 4.69) is 0 Å². The number of rotatable bonds is 7. The zero-order valence-electron chi connectivity index (χ0n) is 13.0. The average molecular weight is 376 g/mol. The van der Waals surface area contributed by atoms with E-state index in [1.807, 2.05) is 0 Å². The highest BCUT2D eigenvalue weighted by atomic mass is 19.4. The number of carbonyl (C=O) groups excluding carboxylic acids is 1. The van der Waals surface area contributed by atoms with E-state index in [9.17, 15) is 32.5 Å². The maximum atomic E-state index is 13.2. The van der Waals surface area contributed by atoms with Crippen LogP contribution >= 0.6 is 0 Å². The first-order valence-electron chi connectivity index (χ1n) is 7.09. The van der Waals surface area contributed by atoms with Gasteiger partial charge in [0.1, 0.15) is 18.1 Å². The van der Waals surface area contributed by atoms with Crippen molar-refractivity contribution in [3.63, 3.8) is 0 Å². The number of nitrogens with zero attached hydrogens (tertiary/aromatic N) is 2. The molecular weight excluding hydrogens is 364 g/mol. The summed E-state index contributed by atoms with van der Waals surface area (Å²) in [7, 11) is 0. The number of halogens is 4. The van der Waals surface area contributed by atoms with Crippen LogP contribution in [0.4, 0.5) is 23.2 Å². The molecule has 0 N–H and O–H groups in total. The number of amides is 1. The molecule has 0 saturated heterocycles. The van der Waals surface area contributed by atoms with Gasteiger partial charge < -0.3 is 14.1 Å². The second-order valence-electron chi connectivity index (χ2n) is 5.10. The Labute approximate surface area is 143 Å². The van der Waals surface area contributed by atoms with Gasteiger partial charge in [0.05, 0.1) is 17.7 Å². The van der Waals surface area contributed by atoms with Gasteiger partial charge in [0, 0.05) is 12.1 Å². The van der Waals surface area contributed by atoms with Gasteiger partial charge in [-0.2, -0.15) is 13.2 Å². The average Bonchev–Trinajstić information content (AvgIpc) is 3.03. The Kier molecular flexibility index (Phi) is 5.80. The Hall–Kier alpha value is -3.11. The first-order chi connectivity index (χ1) is 12.2. The first kappa shape index (κ1) is 19.2. The number of hydrogen-bond donors (Lipinski definition) is 0. The Bertz CT molecular complexity index is 777. The van der Waals surface area contributed by atoms with E-state index < -0.39 is 54.0 Å². The SMILES string of the molecule is O=C(COc1cc(F)ccc1[N+](=O)[O-])N(Cc1ccco1)CC(F)(F)F. The Balaban J connectivity index is 2.11. The van der Waals surface area contributed by atoms with Gasteiger partial charge in [-0.15, -0.1) is 0 Å². The van der Waals surface area contributed by atoms with Crippen LogP contribution in [0.5, 0.6) is 5.75 Å². The van der Waals surface area contributed by atoms with Crippen molar-refractivity contribution in [3.05, 3.63) is 58.3 Å². The number of nitro groups is 1. The minimum absolute atomic E-state index is 0.110. The van der Waals surface area contributed by atoms with Crippen molar-refractivity contribution in [2.75, 3.05) is 13.2 Å². The molecule has 0 atom stereocenters. The smallest absolute Gasteiger partial charge is 0.406 e. The summed E-state index contributed by atoms with van der Waals surface area (Å²) in [6.07, 6.45) is -3.44. The van der Waals surface area contributed by atoms with Gasteiger partial charge in [-0.05, 0) is 18.2 Å². The van der Waals surface area contributed by atoms with Crippen LogP contribution < -0.4 is 4.74 Å². The Morgan fingerprint density at radius 3 is 2.62 bits per heavy atom. The third-order valence-electron chi connectivity index (χ3n) is 3.12. The number of ether oxygens (including phenoxy) is 1. The summed E-state index contributed by atoms with van der Waals surface area (Å²) in [5.41, 5.74) is -0.618. The van der Waals surface area contributed by atoms with Crippen LogP contribution in [0.1, 0.15) is 5.76 Å². The van der Waals surface area contributed by atoms with Gasteiger partial charge in [-0.25, -0.2) is 4.39 Å². The van der Waals surface area contributed by atoms with E-state index in [-0.39, 0.29) is 5.76 Å². The molecule has 0 fully saturated rings. The molecule has 2 aromatic rings. The number of furan rings is 1. The summed E-state index contributed by atoms with van der Waals surface area (Å²) in [5.74, 6) is -2.41. The molecule has 0 aliphatic carbocycles. The Morgan fingerprint density at radius 1 is 1.31 bits per heavy atom. The molecule has 11 heteroatoms. The molecule has 26 heavy (non-hydrogen) atoms. The third-order valence-corrected chi connectivity index (χ3v) is 3.12. The van der Waals surface area contributed by atoms with Gasteiger partial charge in [0.15, 0.2) is 6.61 Å². The molecule has 0 spiro atoms. The lowest BCUT2D eigenvalue weighted by molar-refractivity contribution is -0.385. The largest absolute Gasteiger partial charge is 0.477 e. The summed E-state index contributed by atoms with van der Waals surface area (Å²) in [6, 6.07) is 5.14. The molecule has 0 radical (unpaired) electrons. The Morgan fingerprint density at radius 2 is 2.04 bits per heavy atom. The summed E-state index contributed by atoms with van der Waals surface area (Å²) in [4.78, 5) is 22.5. The van der Waals surface area contributed by atoms with E-state index in [4.69, 9.17) is 9.15 Å². The lowest BCUT2D eigenvalue weighted by atomic mass is 10.3. The molecule has 0 saturated carbocycles. The van der Waals surface area contributed by atoms with Crippen LogP contribution in [-0.4, -0.2) is 35.1 Å². The van der Waals surface area contributed by atoms with Crippen molar-refractivity contribution in [3.8, 4) is 5.75 Å². The van der Waals surface area contributed by atoms with Crippen molar-refractivity contribution < 1.29 is 36.4 Å². The van der Waals surface area contributed by atoms with E-state index in [1.165, 1.54) is 18.4 Å². The molecule has 0 bridgehead atoms. The maximum absolute atomic E-state index is 13.2. The number of nitro benzene ring substituents is 1. The molecule has 140 valence electrons. The van der Waals surface area contributed by atoms with Gasteiger partial charge in [-0.3, -0.25) is 14.9 Å². The standard InChI is InChI=1S/C15H12F4N2O5/c16-10-3-4-12(21(23)24)13(6-10)26-8-14(22)20(9-15(17,18)19)7-11-2-1-5-25-11/h1-6H,7-9H2. The normalized spacial score (nSPS) is 11.2. The fraction of sp³-hybridized carbons (Fsp3) is 0.267. The predicted molar refractivity (Wildman–Crippen MR) is 78.7 cm³/mol. The lowest BCUT2D eigenvalue weighted by Gasteiger charge is -2.23. The fourth-order valence-corrected chi connectivity index (χ4v) is 2.02. The molecule has 1 heterocycles. The van der Waals surface area contributed by atoms with E-state index in [0.29, 0.717) is 11.0 Å². The number of carbonyl (C=O) groups is 1. The molecule has 0 aliphatic heterocycles. The van der Waals surface area contributed by atoms with Crippen LogP contribution in [0.2, 0.25) is 0 Å². The lowest BCUT2D eigenvalue weighted by Crippen LogP contribution is -2.40. The monoisotopic (exact) mass is 376 g/mol. The molecule has 1 aromatic heterocycles. The first-order valence-corrected chi connectivity index (χ1v) is 7.09. The van der Waals surface area contributed by atoms with Crippen LogP contribution in [-0.2, 0) is 11.3 Å². The van der Waals surface area contributed by atoms with Crippen LogP contribution in [0, 0.1) is 15.9 Å². The number of benzene rings is 1. The molecular formula is C15H12F4N2O5. The second kappa shape index (κ2) is 7.85. The van der Waals surface area contributed by atoms with Gasteiger partial charge >= 0.3 is 11.9 Å². The van der Waals surface area contributed by atoms with Gasteiger partial charge in [-0.1, -0.05) is 0 Å². The van der Waals surface area contributed by atoms with E-state index >= 15 is 0 Å². The minimum Gasteiger partial charge on any atom is -0.477 e. The molecule has 0 aliphatic rings. The predicted octanol–water partition coefficient (Wildman–Crippen LogP) is 3.30. The number of alkyl halides is 3. The van der Waals surface area contributed by atoms with Crippen LogP contribution in [0.3, 0.4) is 0 Å². The maximum Gasteiger partial charge on any atom is 0.406 e. The van der Waals surface area contributed by atoms with E-state index in [0.717, 1.165) is 12.1 Å². The molecule has 0 unspecified atom stereocenters. The highest BCUT2D eigenvalue weighted by Gasteiger charge is 2.33. The summed E-state index contributed by atoms with van der Waals surface area (Å²) >= 11 is 0. The highest BCUT2D eigenvalue weighted by molar-refractivity contribution is 5.78. The van der Waals surface area contributed by atoms with Crippen molar-refractivity contribution in [1.82, 2.24) is 4.90 Å². The summed E-state index contributed by atoms with van der Waals surface area (Å²) in [5, 5.41) is 10.9. The fourth-order valence-electron chi connectivity index (χ4n) is 2.02. The molecule has 1 amide bonds. The van der Waals surface area contributed by atoms with Crippen molar-refractivity contribution in [2.24, 2.45) is 0 Å². The van der Waals surface area contributed by atoms with Gasteiger partial charge in [0.2, 0.25) is 5.75 Å².